The molecule has 0 aliphatic heterocycles. The van der Waals surface area contributed by atoms with Crippen molar-refractivity contribution in [2.75, 3.05) is 5.75 Å². The van der Waals surface area contributed by atoms with Crippen molar-refractivity contribution < 1.29 is 5.11 Å². The van der Waals surface area contributed by atoms with Crippen molar-refractivity contribution in [2.45, 2.75) is 25.1 Å². The van der Waals surface area contributed by atoms with E-state index in [-0.39, 0.29) is 6.10 Å². The van der Waals surface area contributed by atoms with Gasteiger partial charge in [-0.15, -0.1) is 0 Å². The van der Waals surface area contributed by atoms with E-state index in [1.807, 2.05) is 12.1 Å². The lowest BCUT2D eigenvalue weighted by atomic mass is 10.2. The predicted molar refractivity (Wildman–Crippen MR) is 63.2 cm³/mol. The second-order valence-corrected chi connectivity index (χ2v) is 4.73. The Balaban J connectivity index is 2.23. The molecule has 2 N–H and O–H groups in total. The number of hydrogen-bond acceptors (Lipinski definition) is 3. The van der Waals surface area contributed by atoms with Crippen LogP contribution in [0.25, 0.3) is 11.0 Å². The number of imidazole rings is 1. The number of fused-ring (bicyclic) bond motifs is 1. The van der Waals surface area contributed by atoms with Crippen molar-refractivity contribution in [3.05, 3.63) is 23.8 Å². The summed E-state index contributed by atoms with van der Waals surface area (Å²) in [7, 11) is 0. The number of hydrogen-bond donors (Lipinski definition) is 2. The first kappa shape index (κ1) is 10.5. The summed E-state index contributed by atoms with van der Waals surface area (Å²) in [5.41, 5.74) is 3.26. The van der Waals surface area contributed by atoms with E-state index >= 15 is 0 Å². The molecule has 1 heterocycles. The van der Waals surface area contributed by atoms with Gasteiger partial charge in [0, 0.05) is 5.75 Å². The Labute approximate surface area is 92.9 Å². The van der Waals surface area contributed by atoms with Gasteiger partial charge in [0.2, 0.25) is 0 Å². The molecule has 1 unspecified atom stereocenters. The summed E-state index contributed by atoms with van der Waals surface area (Å²) in [4.78, 5) is 7.65. The van der Waals surface area contributed by atoms with Gasteiger partial charge < -0.3 is 10.1 Å². The molecule has 1 aromatic heterocycles. The largest absolute Gasteiger partial charge is 0.393 e. The third-order valence-corrected chi connectivity index (χ3v) is 3.19. The molecule has 2 rings (SSSR count). The van der Waals surface area contributed by atoms with Crippen molar-refractivity contribution in [1.29, 1.82) is 0 Å². The number of rotatable bonds is 3. The van der Waals surface area contributed by atoms with Gasteiger partial charge in [-0.1, -0.05) is 17.8 Å². The van der Waals surface area contributed by atoms with Crippen LogP contribution in [0.3, 0.4) is 0 Å². The minimum absolute atomic E-state index is 0.301. The van der Waals surface area contributed by atoms with E-state index < -0.39 is 0 Å². The molecule has 0 aliphatic carbocycles. The molecule has 0 spiro atoms. The Kier molecular flexibility index (Phi) is 2.98. The molecule has 0 saturated heterocycles. The molecule has 1 atom stereocenters. The maximum atomic E-state index is 9.17. The maximum absolute atomic E-state index is 9.17. The third-order valence-electron chi connectivity index (χ3n) is 2.08. The number of thioether (sulfide) groups is 1. The van der Waals surface area contributed by atoms with Crippen LogP contribution in [-0.2, 0) is 0 Å². The average Bonchev–Trinajstić information content (AvgIpc) is 2.56. The lowest BCUT2D eigenvalue weighted by Crippen LogP contribution is -2.02. The molecule has 0 saturated carbocycles. The topological polar surface area (TPSA) is 48.9 Å². The van der Waals surface area contributed by atoms with Crippen LogP contribution in [0.1, 0.15) is 12.5 Å². The highest BCUT2D eigenvalue weighted by molar-refractivity contribution is 7.99. The summed E-state index contributed by atoms with van der Waals surface area (Å²) >= 11 is 1.54. The Morgan fingerprint density at radius 3 is 3.07 bits per heavy atom. The van der Waals surface area contributed by atoms with Gasteiger partial charge in [0.1, 0.15) is 0 Å². The molecule has 0 bridgehead atoms. The molecule has 0 aliphatic rings. The second-order valence-electron chi connectivity index (χ2n) is 3.72. The SMILES string of the molecule is Cc1ccc2nc(SCC(C)O)[nH]c2c1. The molecular formula is C11H14N2OS. The Morgan fingerprint density at radius 2 is 2.33 bits per heavy atom. The molecule has 1 aromatic carbocycles. The van der Waals surface area contributed by atoms with Gasteiger partial charge in [0.05, 0.1) is 17.1 Å². The molecule has 0 amide bonds. The Hall–Kier alpha value is -1.00. The summed E-state index contributed by atoms with van der Waals surface area (Å²) in [5.74, 6) is 0.665. The van der Waals surface area contributed by atoms with Gasteiger partial charge in [-0.3, -0.25) is 0 Å². The first-order valence-electron chi connectivity index (χ1n) is 4.92. The minimum Gasteiger partial charge on any atom is -0.393 e. The van der Waals surface area contributed by atoms with Crippen molar-refractivity contribution in [1.82, 2.24) is 9.97 Å². The molecule has 2 aromatic rings. The number of benzene rings is 1. The van der Waals surface area contributed by atoms with Crippen LogP contribution in [0.4, 0.5) is 0 Å². The minimum atomic E-state index is -0.301. The summed E-state index contributed by atoms with van der Waals surface area (Å²) < 4.78 is 0. The fourth-order valence-electron chi connectivity index (χ4n) is 1.37. The van der Waals surface area contributed by atoms with E-state index in [0.29, 0.717) is 5.75 Å². The van der Waals surface area contributed by atoms with Crippen LogP contribution in [0.15, 0.2) is 23.4 Å². The molecule has 0 fully saturated rings. The van der Waals surface area contributed by atoms with Gasteiger partial charge in [-0.2, -0.15) is 0 Å². The summed E-state index contributed by atoms with van der Waals surface area (Å²) in [6, 6.07) is 6.13. The fourth-order valence-corrected chi connectivity index (χ4v) is 2.11. The van der Waals surface area contributed by atoms with Crippen molar-refractivity contribution in [3.8, 4) is 0 Å². The standard InChI is InChI=1S/C11H14N2OS/c1-7-3-4-9-10(5-7)13-11(12-9)15-6-8(2)14/h3-5,8,14H,6H2,1-2H3,(H,12,13). The zero-order chi connectivity index (χ0) is 10.8. The van der Waals surface area contributed by atoms with E-state index in [0.717, 1.165) is 16.2 Å². The number of aromatic nitrogens is 2. The number of nitrogens with one attached hydrogen (secondary N) is 1. The van der Waals surface area contributed by atoms with Gasteiger partial charge in [0.25, 0.3) is 0 Å². The predicted octanol–water partition coefficient (Wildman–Crippen LogP) is 2.34. The molecule has 15 heavy (non-hydrogen) atoms. The lowest BCUT2D eigenvalue weighted by Gasteiger charge is -1.99. The van der Waals surface area contributed by atoms with Gasteiger partial charge in [-0.05, 0) is 31.5 Å². The first-order valence-corrected chi connectivity index (χ1v) is 5.91. The van der Waals surface area contributed by atoms with Crippen LogP contribution in [0.2, 0.25) is 0 Å². The van der Waals surface area contributed by atoms with E-state index in [4.69, 9.17) is 0 Å². The van der Waals surface area contributed by atoms with Crippen molar-refractivity contribution >= 4 is 22.8 Å². The second kappa shape index (κ2) is 4.24. The molecule has 3 nitrogen and oxygen atoms in total. The van der Waals surface area contributed by atoms with Crippen molar-refractivity contribution in [2.24, 2.45) is 0 Å². The molecule has 80 valence electrons. The summed E-state index contributed by atoms with van der Waals surface area (Å²) in [6.07, 6.45) is -0.301. The highest BCUT2D eigenvalue weighted by Crippen LogP contribution is 2.20. The maximum Gasteiger partial charge on any atom is 0.166 e. The average molecular weight is 222 g/mol. The van der Waals surface area contributed by atoms with Gasteiger partial charge in [-0.25, -0.2) is 4.98 Å². The van der Waals surface area contributed by atoms with E-state index in [1.54, 1.807) is 18.7 Å². The Morgan fingerprint density at radius 1 is 1.53 bits per heavy atom. The van der Waals surface area contributed by atoms with Crippen LogP contribution >= 0.6 is 11.8 Å². The lowest BCUT2D eigenvalue weighted by molar-refractivity contribution is 0.220. The number of aliphatic hydroxyl groups is 1. The van der Waals surface area contributed by atoms with E-state index in [1.165, 1.54) is 5.56 Å². The van der Waals surface area contributed by atoms with Crippen molar-refractivity contribution in [3.63, 3.8) is 0 Å². The monoisotopic (exact) mass is 222 g/mol. The smallest absolute Gasteiger partial charge is 0.166 e. The Bertz CT molecular complexity index is 465. The molecule has 0 radical (unpaired) electrons. The highest BCUT2D eigenvalue weighted by atomic mass is 32.2. The van der Waals surface area contributed by atoms with E-state index in [2.05, 4.69) is 23.0 Å². The summed E-state index contributed by atoms with van der Waals surface area (Å²) in [6.45, 7) is 3.84. The fraction of sp³-hybridized carbons (Fsp3) is 0.364. The van der Waals surface area contributed by atoms with Crippen LogP contribution < -0.4 is 0 Å². The third kappa shape index (κ3) is 2.52. The number of aromatic amines is 1. The quantitative estimate of drug-likeness (QED) is 0.784. The zero-order valence-electron chi connectivity index (χ0n) is 8.82. The summed E-state index contributed by atoms with van der Waals surface area (Å²) in [5, 5.41) is 10.0. The first-order chi connectivity index (χ1) is 7.15. The van der Waals surface area contributed by atoms with Crippen LogP contribution in [-0.4, -0.2) is 26.9 Å². The number of nitrogens with zero attached hydrogens (tertiary/aromatic N) is 1. The zero-order valence-corrected chi connectivity index (χ0v) is 9.64. The van der Waals surface area contributed by atoms with E-state index in [9.17, 15) is 5.11 Å². The van der Waals surface area contributed by atoms with Gasteiger partial charge in [0.15, 0.2) is 5.16 Å². The van der Waals surface area contributed by atoms with Crippen LogP contribution in [0, 0.1) is 6.92 Å². The number of aryl methyl sites for hydroxylation is 1. The molecular weight excluding hydrogens is 208 g/mol. The highest BCUT2D eigenvalue weighted by Gasteiger charge is 2.04. The normalized spacial score (nSPS) is 13.3. The molecule has 4 heteroatoms. The number of aliphatic hydroxyl groups excluding tert-OH is 1. The van der Waals surface area contributed by atoms with Crippen LogP contribution in [0.5, 0.6) is 0 Å². The number of H-pyrrole nitrogens is 1. The van der Waals surface area contributed by atoms with Gasteiger partial charge >= 0.3 is 0 Å².